The van der Waals surface area contributed by atoms with Gasteiger partial charge in [0.15, 0.2) is 0 Å². The van der Waals surface area contributed by atoms with Gasteiger partial charge in [-0.3, -0.25) is 0 Å². The van der Waals surface area contributed by atoms with Crippen molar-refractivity contribution in [2.45, 2.75) is 25.3 Å². The van der Waals surface area contributed by atoms with Crippen LogP contribution in [0.4, 0.5) is 0 Å². The number of ether oxygens (including phenoxy) is 1. The first-order valence-electron chi connectivity index (χ1n) is 5.49. The summed E-state index contributed by atoms with van der Waals surface area (Å²) < 4.78 is 5.16. The van der Waals surface area contributed by atoms with Gasteiger partial charge in [-0.05, 0) is 32.2 Å². The first-order valence-corrected chi connectivity index (χ1v) is 5.49. The molecule has 0 saturated carbocycles. The summed E-state index contributed by atoms with van der Waals surface area (Å²) in [5, 5.41) is 8.87. The summed E-state index contributed by atoms with van der Waals surface area (Å²) >= 11 is 0. The number of nitriles is 1. The highest BCUT2D eigenvalue weighted by Gasteiger charge is 2.26. The van der Waals surface area contributed by atoms with Gasteiger partial charge < -0.3 is 15.4 Å². The molecule has 0 spiro atoms. The van der Waals surface area contributed by atoms with Crippen molar-refractivity contribution in [1.82, 2.24) is 4.90 Å². The number of hydrogen-bond donors (Lipinski definition) is 1. The van der Waals surface area contributed by atoms with Crippen molar-refractivity contribution < 1.29 is 4.74 Å². The van der Waals surface area contributed by atoms with Gasteiger partial charge in [0.1, 0.15) is 5.54 Å². The quantitative estimate of drug-likeness (QED) is 0.739. The fourth-order valence-corrected chi connectivity index (χ4v) is 2.17. The molecule has 1 aliphatic heterocycles. The highest BCUT2D eigenvalue weighted by molar-refractivity contribution is 5.03. The standard InChI is InChI=1S/C11H21N3O/c1-11(13,8-12)9-14-5-3-4-10(6-14)7-15-2/h10H,3-7,9,13H2,1-2H3. The fraction of sp³-hybridized carbons (Fsp3) is 0.909. The summed E-state index contributed by atoms with van der Waals surface area (Å²) in [7, 11) is 1.74. The summed E-state index contributed by atoms with van der Waals surface area (Å²) in [6, 6.07) is 2.14. The molecule has 2 unspecified atom stereocenters. The largest absolute Gasteiger partial charge is 0.384 e. The molecular formula is C11H21N3O. The lowest BCUT2D eigenvalue weighted by Crippen LogP contribution is -2.50. The van der Waals surface area contributed by atoms with Crippen LogP contribution in [-0.2, 0) is 4.74 Å². The van der Waals surface area contributed by atoms with Crippen molar-refractivity contribution in [1.29, 1.82) is 5.26 Å². The Kier molecular flexibility index (Phi) is 4.52. The van der Waals surface area contributed by atoms with Crippen LogP contribution >= 0.6 is 0 Å². The molecule has 4 nitrogen and oxygen atoms in total. The molecular weight excluding hydrogens is 190 g/mol. The Bertz CT molecular complexity index is 232. The Morgan fingerprint density at radius 1 is 1.67 bits per heavy atom. The molecule has 1 rings (SSSR count). The van der Waals surface area contributed by atoms with E-state index in [1.165, 1.54) is 12.8 Å². The van der Waals surface area contributed by atoms with Gasteiger partial charge in [0.25, 0.3) is 0 Å². The van der Waals surface area contributed by atoms with E-state index in [0.29, 0.717) is 12.5 Å². The van der Waals surface area contributed by atoms with Crippen molar-refractivity contribution in [3.63, 3.8) is 0 Å². The Morgan fingerprint density at radius 2 is 2.40 bits per heavy atom. The number of rotatable bonds is 4. The maximum absolute atomic E-state index is 8.87. The Labute approximate surface area is 92.0 Å². The third-order valence-corrected chi connectivity index (χ3v) is 2.81. The van der Waals surface area contributed by atoms with E-state index in [9.17, 15) is 0 Å². The van der Waals surface area contributed by atoms with E-state index in [0.717, 1.165) is 19.7 Å². The molecule has 86 valence electrons. The van der Waals surface area contributed by atoms with Gasteiger partial charge in [-0.1, -0.05) is 0 Å². The SMILES string of the molecule is COCC1CCCN(CC(C)(N)C#N)C1. The zero-order valence-electron chi connectivity index (χ0n) is 9.70. The maximum Gasteiger partial charge on any atom is 0.114 e. The zero-order chi connectivity index (χ0) is 11.3. The lowest BCUT2D eigenvalue weighted by Gasteiger charge is -2.35. The maximum atomic E-state index is 8.87. The number of likely N-dealkylation sites (tertiary alicyclic amines) is 1. The number of nitrogens with two attached hydrogens (primary N) is 1. The minimum absolute atomic E-state index is 0.596. The molecule has 2 atom stereocenters. The number of nitrogens with zero attached hydrogens (tertiary/aromatic N) is 2. The van der Waals surface area contributed by atoms with Crippen molar-refractivity contribution in [2.24, 2.45) is 11.7 Å². The second-order valence-electron chi connectivity index (χ2n) is 4.73. The monoisotopic (exact) mass is 211 g/mol. The lowest BCUT2D eigenvalue weighted by atomic mass is 9.96. The van der Waals surface area contributed by atoms with Crippen LogP contribution in [0.25, 0.3) is 0 Å². The molecule has 0 amide bonds. The van der Waals surface area contributed by atoms with Gasteiger partial charge in [-0.25, -0.2) is 0 Å². The van der Waals surface area contributed by atoms with Crippen LogP contribution in [0.5, 0.6) is 0 Å². The summed E-state index contributed by atoms with van der Waals surface area (Å²) in [5.74, 6) is 0.596. The average molecular weight is 211 g/mol. The lowest BCUT2D eigenvalue weighted by molar-refractivity contribution is 0.0848. The molecule has 0 aromatic heterocycles. The minimum atomic E-state index is -0.727. The van der Waals surface area contributed by atoms with Gasteiger partial charge >= 0.3 is 0 Å². The molecule has 0 bridgehead atoms. The first-order chi connectivity index (χ1) is 7.07. The van der Waals surface area contributed by atoms with E-state index < -0.39 is 5.54 Å². The van der Waals surface area contributed by atoms with E-state index in [2.05, 4.69) is 11.0 Å². The third-order valence-electron chi connectivity index (χ3n) is 2.81. The van der Waals surface area contributed by atoms with Crippen molar-refractivity contribution in [3.8, 4) is 6.07 Å². The second-order valence-corrected chi connectivity index (χ2v) is 4.73. The normalized spacial score (nSPS) is 26.9. The summed E-state index contributed by atoms with van der Waals surface area (Å²) in [5.41, 5.74) is 5.11. The topological polar surface area (TPSA) is 62.3 Å². The van der Waals surface area contributed by atoms with Gasteiger partial charge in [-0.2, -0.15) is 5.26 Å². The van der Waals surface area contributed by atoms with Gasteiger partial charge in [0, 0.05) is 20.2 Å². The highest BCUT2D eigenvalue weighted by Crippen LogP contribution is 2.17. The Balaban J connectivity index is 2.40. The molecule has 1 aliphatic rings. The van der Waals surface area contributed by atoms with Crippen LogP contribution in [0.2, 0.25) is 0 Å². The second kappa shape index (κ2) is 5.45. The van der Waals surface area contributed by atoms with Crippen LogP contribution in [0, 0.1) is 17.2 Å². The molecule has 4 heteroatoms. The van der Waals surface area contributed by atoms with Gasteiger partial charge in [0.05, 0.1) is 12.7 Å². The van der Waals surface area contributed by atoms with Crippen molar-refractivity contribution >= 4 is 0 Å². The third kappa shape index (κ3) is 4.17. The van der Waals surface area contributed by atoms with Crippen molar-refractivity contribution in [3.05, 3.63) is 0 Å². The zero-order valence-corrected chi connectivity index (χ0v) is 9.70. The Hall–Kier alpha value is -0.630. The predicted molar refractivity (Wildman–Crippen MR) is 59.2 cm³/mol. The van der Waals surface area contributed by atoms with Crippen LogP contribution in [0.1, 0.15) is 19.8 Å². The van der Waals surface area contributed by atoms with Crippen LogP contribution < -0.4 is 5.73 Å². The van der Waals surface area contributed by atoms with E-state index in [4.69, 9.17) is 15.7 Å². The van der Waals surface area contributed by atoms with E-state index in [1.807, 2.05) is 0 Å². The minimum Gasteiger partial charge on any atom is -0.384 e. The molecule has 1 fully saturated rings. The highest BCUT2D eigenvalue weighted by atomic mass is 16.5. The predicted octanol–water partition coefficient (Wildman–Crippen LogP) is 0.586. The molecule has 1 saturated heterocycles. The van der Waals surface area contributed by atoms with Crippen molar-refractivity contribution in [2.75, 3.05) is 33.4 Å². The smallest absolute Gasteiger partial charge is 0.114 e. The molecule has 1 heterocycles. The fourth-order valence-electron chi connectivity index (χ4n) is 2.17. The molecule has 15 heavy (non-hydrogen) atoms. The van der Waals surface area contributed by atoms with Gasteiger partial charge in [-0.15, -0.1) is 0 Å². The Morgan fingerprint density at radius 3 is 3.00 bits per heavy atom. The number of hydrogen-bond acceptors (Lipinski definition) is 4. The average Bonchev–Trinajstić information content (AvgIpc) is 2.18. The summed E-state index contributed by atoms with van der Waals surface area (Å²) in [6.45, 7) is 5.30. The molecule has 0 radical (unpaired) electrons. The molecule has 0 aliphatic carbocycles. The number of piperidine rings is 1. The molecule has 0 aromatic rings. The summed E-state index contributed by atoms with van der Waals surface area (Å²) in [6.07, 6.45) is 2.40. The van der Waals surface area contributed by atoms with E-state index in [-0.39, 0.29) is 0 Å². The number of methoxy groups -OCH3 is 1. The van der Waals surface area contributed by atoms with Crippen LogP contribution in [0.15, 0.2) is 0 Å². The molecule has 0 aromatic carbocycles. The van der Waals surface area contributed by atoms with E-state index >= 15 is 0 Å². The van der Waals surface area contributed by atoms with Crippen LogP contribution in [0.3, 0.4) is 0 Å². The molecule has 2 N–H and O–H groups in total. The van der Waals surface area contributed by atoms with Crippen LogP contribution in [-0.4, -0.2) is 43.8 Å². The van der Waals surface area contributed by atoms with E-state index in [1.54, 1.807) is 14.0 Å². The first kappa shape index (κ1) is 12.4. The summed E-state index contributed by atoms with van der Waals surface area (Å²) in [4.78, 5) is 2.27. The van der Waals surface area contributed by atoms with Gasteiger partial charge in [0.2, 0.25) is 0 Å².